The first-order valence-corrected chi connectivity index (χ1v) is 6.59. The number of hydrogen-bond acceptors (Lipinski definition) is 3. The minimum atomic E-state index is -1.13. The topological polar surface area (TPSA) is 77.8 Å². The Bertz CT molecular complexity index is 358. The Labute approximate surface area is 107 Å². The van der Waals surface area contributed by atoms with Gasteiger partial charge in [0.2, 0.25) is 5.91 Å². The van der Waals surface area contributed by atoms with E-state index in [-0.39, 0.29) is 11.3 Å². The van der Waals surface area contributed by atoms with Crippen LogP contribution in [-0.2, 0) is 9.59 Å². The molecule has 2 atom stereocenters. The molecule has 1 spiro atoms. The van der Waals surface area contributed by atoms with Crippen molar-refractivity contribution in [2.24, 2.45) is 11.3 Å². The number of rotatable bonds is 3. The van der Waals surface area contributed by atoms with Gasteiger partial charge in [0.15, 0.2) is 6.04 Å². The Balaban J connectivity index is 2.05. The largest absolute Gasteiger partial charge is 0.480 e. The monoisotopic (exact) mass is 255 g/mol. The number of β-lactam (4-membered cyclic amide) rings is 1. The molecule has 0 aromatic carbocycles. The van der Waals surface area contributed by atoms with Gasteiger partial charge >= 0.3 is 5.97 Å². The van der Waals surface area contributed by atoms with Gasteiger partial charge in [0.1, 0.15) is 0 Å². The number of aliphatic hydroxyl groups excluding tert-OH is 1. The summed E-state index contributed by atoms with van der Waals surface area (Å²) >= 11 is 0. The summed E-state index contributed by atoms with van der Waals surface area (Å²) in [7, 11) is 0. The number of carboxylic acid groups (broad SMARTS) is 1. The van der Waals surface area contributed by atoms with Crippen LogP contribution in [0, 0.1) is 11.3 Å². The number of aliphatic carboxylic acids is 1. The van der Waals surface area contributed by atoms with Gasteiger partial charge in [-0.15, -0.1) is 0 Å². The minimum Gasteiger partial charge on any atom is -0.480 e. The van der Waals surface area contributed by atoms with Crippen molar-refractivity contribution in [1.82, 2.24) is 4.90 Å². The summed E-state index contributed by atoms with van der Waals surface area (Å²) in [6.45, 7) is 4.09. The molecule has 5 heteroatoms. The molecule has 1 saturated heterocycles. The third-order valence-corrected chi connectivity index (χ3v) is 4.46. The zero-order chi connectivity index (χ0) is 13.5. The second kappa shape index (κ2) is 4.53. The number of hydrogen-bond donors (Lipinski definition) is 2. The van der Waals surface area contributed by atoms with E-state index in [2.05, 4.69) is 6.92 Å². The van der Waals surface area contributed by atoms with Gasteiger partial charge in [0, 0.05) is 6.54 Å². The van der Waals surface area contributed by atoms with Crippen LogP contribution in [0.15, 0.2) is 0 Å². The molecule has 0 bridgehead atoms. The summed E-state index contributed by atoms with van der Waals surface area (Å²) in [5.41, 5.74) is -0.324. The van der Waals surface area contributed by atoms with Gasteiger partial charge < -0.3 is 15.1 Å². The van der Waals surface area contributed by atoms with Gasteiger partial charge in [-0.1, -0.05) is 6.92 Å². The lowest BCUT2D eigenvalue weighted by Crippen LogP contribution is -2.68. The molecule has 1 heterocycles. The molecule has 18 heavy (non-hydrogen) atoms. The van der Waals surface area contributed by atoms with Gasteiger partial charge in [0.05, 0.1) is 11.5 Å². The lowest BCUT2D eigenvalue weighted by Gasteiger charge is -2.53. The van der Waals surface area contributed by atoms with Gasteiger partial charge in [0.25, 0.3) is 0 Å². The first-order chi connectivity index (χ1) is 8.37. The molecular formula is C13H21NO4. The molecule has 0 aromatic heterocycles. The van der Waals surface area contributed by atoms with Crippen LogP contribution >= 0.6 is 0 Å². The third kappa shape index (κ3) is 2.00. The second-order valence-corrected chi connectivity index (χ2v) is 5.92. The summed E-state index contributed by atoms with van der Waals surface area (Å²) in [6, 6.07) is -1.09. The lowest BCUT2D eigenvalue weighted by atomic mass is 9.65. The molecular weight excluding hydrogens is 234 g/mol. The van der Waals surface area contributed by atoms with Crippen LogP contribution < -0.4 is 0 Å². The first-order valence-electron chi connectivity index (χ1n) is 6.59. The fraction of sp³-hybridized carbons (Fsp3) is 0.846. The molecule has 0 unspecified atom stereocenters. The highest BCUT2D eigenvalue weighted by atomic mass is 16.4. The van der Waals surface area contributed by atoms with Crippen LogP contribution in [0.5, 0.6) is 0 Å². The summed E-state index contributed by atoms with van der Waals surface area (Å²) in [4.78, 5) is 24.7. The van der Waals surface area contributed by atoms with Crippen LogP contribution in [0.3, 0.4) is 0 Å². The molecule has 0 aromatic rings. The van der Waals surface area contributed by atoms with Gasteiger partial charge in [-0.3, -0.25) is 4.79 Å². The molecule has 5 nitrogen and oxygen atoms in total. The molecule has 102 valence electrons. The van der Waals surface area contributed by atoms with Crippen molar-refractivity contribution in [3.8, 4) is 0 Å². The number of carbonyl (C=O) groups is 2. The lowest BCUT2D eigenvalue weighted by molar-refractivity contribution is -0.180. The quantitative estimate of drug-likeness (QED) is 0.733. The van der Waals surface area contributed by atoms with Crippen molar-refractivity contribution >= 4 is 11.9 Å². The number of amides is 1. The van der Waals surface area contributed by atoms with Gasteiger partial charge in [-0.2, -0.15) is 0 Å². The summed E-state index contributed by atoms with van der Waals surface area (Å²) < 4.78 is 0. The molecule has 1 amide bonds. The number of aliphatic hydroxyl groups is 1. The molecule has 1 saturated carbocycles. The van der Waals surface area contributed by atoms with Crippen molar-refractivity contribution in [1.29, 1.82) is 0 Å². The summed E-state index contributed by atoms with van der Waals surface area (Å²) in [6.07, 6.45) is 2.75. The average Bonchev–Trinajstić information content (AvgIpc) is 2.30. The molecule has 2 N–H and O–H groups in total. The van der Waals surface area contributed by atoms with Crippen molar-refractivity contribution in [3.63, 3.8) is 0 Å². The van der Waals surface area contributed by atoms with Crippen molar-refractivity contribution < 1.29 is 19.8 Å². The van der Waals surface area contributed by atoms with E-state index >= 15 is 0 Å². The standard InChI is InChI=1S/C13H21NO4/c1-8-3-5-13(6-4-8)7-14(12(13)18)10(9(2)15)11(16)17/h8-10,15H,3-7H2,1-2H3,(H,16,17)/t8?,9-,10+,13?/m1/s1. The van der Waals surface area contributed by atoms with Crippen molar-refractivity contribution in [3.05, 3.63) is 0 Å². The Morgan fingerprint density at radius 1 is 1.44 bits per heavy atom. The molecule has 1 aliphatic carbocycles. The Morgan fingerprint density at radius 2 is 2.00 bits per heavy atom. The van der Waals surface area contributed by atoms with Crippen molar-refractivity contribution in [2.75, 3.05) is 6.54 Å². The zero-order valence-electron chi connectivity index (χ0n) is 10.9. The maximum atomic E-state index is 12.2. The average molecular weight is 255 g/mol. The van der Waals surface area contributed by atoms with E-state index in [9.17, 15) is 14.7 Å². The van der Waals surface area contributed by atoms with E-state index in [0.717, 1.165) is 25.7 Å². The SMILES string of the molecule is CC1CCC2(CC1)CN([C@H](C(=O)O)[C@@H](C)O)C2=O. The zero-order valence-corrected chi connectivity index (χ0v) is 10.9. The fourth-order valence-corrected chi connectivity index (χ4v) is 3.19. The number of carboxylic acids is 1. The van der Waals surface area contributed by atoms with E-state index in [1.54, 1.807) is 0 Å². The van der Waals surface area contributed by atoms with Gasteiger partial charge in [-0.05, 0) is 38.5 Å². The molecule has 2 fully saturated rings. The fourth-order valence-electron chi connectivity index (χ4n) is 3.19. The first kappa shape index (κ1) is 13.3. The second-order valence-electron chi connectivity index (χ2n) is 5.92. The van der Waals surface area contributed by atoms with E-state index in [4.69, 9.17) is 5.11 Å². The maximum Gasteiger partial charge on any atom is 0.329 e. The molecule has 0 radical (unpaired) electrons. The number of carbonyl (C=O) groups excluding carboxylic acids is 1. The van der Waals surface area contributed by atoms with Crippen LogP contribution in [0.1, 0.15) is 39.5 Å². The maximum absolute atomic E-state index is 12.2. The Morgan fingerprint density at radius 3 is 2.39 bits per heavy atom. The highest BCUT2D eigenvalue weighted by molar-refractivity contribution is 5.93. The highest BCUT2D eigenvalue weighted by Crippen LogP contribution is 2.47. The smallest absolute Gasteiger partial charge is 0.329 e. The predicted octanol–water partition coefficient (Wildman–Crippen LogP) is 0.859. The Kier molecular flexibility index (Phi) is 3.36. The van der Waals surface area contributed by atoms with Crippen LogP contribution in [0.4, 0.5) is 0 Å². The summed E-state index contributed by atoms with van der Waals surface area (Å²) in [5.74, 6) is -0.551. The van der Waals surface area contributed by atoms with E-state index in [1.807, 2.05) is 0 Å². The van der Waals surface area contributed by atoms with Crippen molar-refractivity contribution in [2.45, 2.75) is 51.7 Å². The highest BCUT2D eigenvalue weighted by Gasteiger charge is 2.56. The number of nitrogens with zero attached hydrogens (tertiary/aromatic N) is 1. The van der Waals surface area contributed by atoms with E-state index < -0.39 is 18.1 Å². The minimum absolute atomic E-state index is 0.0808. The number of likely N-dealkylation sites (tertiary alicyclic amines) is 1. The van der Waals surface area contributed by atoms with Crippen LogP contribution in [0.2, 0.25) is 0 Å². The molecule has 1 aliphatic heterocycles. The normalized spacial score (nSPS) is 35.2. The summed E-state index contributed by atoms with van der Waals surface area (Å²) in [5, 5.41) is 18.6. The van der Waals surface area contributed by atoms with Gasteiger partial charge in [-0.25, -0.2) is 4.79 Å². The molecule has 2 rings (SSSR count). The van der Waals surface area contributed by atoms with E-state index in [0.29, 0.717) is 12.5 Å². The predicted molar refractivity (Wildman–Crippen MR) is 64.9 cm³/mol. The Hall–Kier alpha value is -1.10. The van der Waals surface area contributed by atoms with Crippen LogP contribution in [-0.4, -0.2) is 45.7 Å². The molecule has 2 aliphatic rings. The van der Waals surface area contributed by atoms with E-state index in [1.165, 1.54) is 11.8 Å². The third-order valence-electron chi connectivity index (χ3n) is 4.46. The van der Waals surface area contributed by atoms with Crippen LogP contribution in [0.25, 0.3) is 0 Å².